The van der Waals surface area contributed by atoms with Gasteiger partial charge in [0, 0.05) is 24.9 Å². The van der Waals surface area contributed by atoms with Gasteiger partial charge in [-0.05, 0) is 19.5 Å². The minimum Gasteiger partial charge on any atom is -0.326 e. The molecule has 4 nitrogen and oxygen atoms in total. The molecule has 5 heteroatoms. The van der Waals surface area contributed by atoms with Crippen LogP contribution in [0.3, 0.4) is 0 Å². The van der Waals surface area contributed by atoms with Crippen molar-refractivity contribution in [3.05, 3.63) is 35.9 Å². The average Bonchev–Trinajstić information content (AvgIpc) is 2.26. The third-order valence-corrected chi connectivity index (χ3v) is 3.85. The van der Waals surface area contributed by atoms with Crippen molar-refractivity contribution < 1.29 is 8.42 Å². The predicted molar refractivity (Wildman–Crippen MR) is 75.2 cm³/mol. The quantitative estimate of drug-likeness (QED) is 0.839. The average molecular weight is 270 g/mol. The molecule has 0 fully saturated rings. The van der Waals surface area contributed by atoms with E-state index in [0.29, 0.717) is 6.54 Å². The summed E-state index contributed by atoms with van der Waals surface area (Å²) in [5.41, 5.74) is 7.13. The van der Waals surface area contributed by atoms with Crippen LogP contribution in [0.15, 0.2) is 30.3 Å². The Balaban J connectivity index is 2.80. The Morgan fingerprint density at radius 3 is 2.28 bits per heavy atom. The Morgan fingerprint density at radius 2 is 1.83 bits per heavy atom. The number of hydrogen-bond donors (Lipinski definition) is 1. The minimum atomic E-state index is -2.94. The van der Waals surface area contributed by atoms with E-state index in [4.69, 9.17) is 5.73 Å². The molecule has 0 aliphatic heterocycles. The number of rotatable bonds is 6. The van der Waals surface area contributed by atoms with Gasteiger partial charge in [-0.2, -0.15) is 0 Å². The van der Waals surface area contributed by atoms with Gasteiger partial charge >= 0.3 is 0 Å². The first kappa shape index (κ1) is 15.1. The Labute approximate surface area is 110 Å². The molecule has 0 aliphatic rings. The van der Waals surface area contributed by atoms with Gasteiger partial charge in [-0.15, -0.1) is 0 Å². The maximum atomic E-state index is 11.2. The molecular weight excluding hydrogens is 248 g/mol. The third-order valence-electron chi connectivity index (χ3n) is 2.93. The molecular formula is C13H22N2O2S. The normalized spacial score (nSPS) is 15.6. The van der Waals surface area contributed by atoms with Crippen LogP contribution in [0.5, 0.6) is 0 Å². The highest BCUT2D eigenvalue weighted by molar-refractivity contribution is 7.90. The summed E-state index contributed by atoms with van der Waals surface area (Å²) in [7, 11) is -1.03. The number of sulfone groups is 1. The molecule has 0 aliphatic carbocycles. The van der Waals surface area contributed by atoms with Crippen LogP contribution in [-0.4, -0.2) is 45.0 Å². The van der Waals surface area contributed by atoms with Gasteiger partial charge in [-0.1, -0.05) is 30.3 Å². The summed E-state index contributed by atoms with van der Waals surface area (Å²) in [5.74, 6) is 0.152. The summed E-state index contributed by atoms with van der Waals surface area (Å²) in [4.78, 5) is 2.00. The molecule has 102 valence electrons. The molecule has 0 saturated heterocycles. The van der Waals surface area contributed by atoms with Crippen LogP contribution in [0.4, 0.5) is 0 Å². The zero-order valence-corrected chi connectivity index (χ0v) is 12.0. The van der Waals surface area contributed by atoms with Crippen molar-refractivity contribution in [3.63, 3.8) is 0 Å². The van der Waals surface area contributed by atoms with Crippen LogP contribution >= 0.6 is 0 Å². The molecule has 2 atom stereocenters. The Bertz CT molecular complexity index is 457. The van der Waals surface area contributed by atoms with Crippen LogP contribution in [0, 0.1) is 0 Å². The second-order valence-electron chi connectivity index (χ2n) is 4.83. The molecule has 1 aromatic carbocycles. The summed E-state index contributed by atoms with van der Waals surface area (Å²) in [6, 6.07) is 9.91. The van der Waals surface area contributed by atoms with Gasteiger partial charge in [-0.25, -0.2) is 8.42 Å². The summed E-state index contributed by atoms with van der Waals surface area (Å²) in [5, 5.41) is 0. The van der Waals surface area contributed by atoms with Gasteiger partial charge in [0.1, 0.15) is 9.84 Å². The molecule has 2 N–H and O–H groups in total. The maximum Gasteiger partial charge on any atom is 0.148 e. The topological polar surface area (TPSA) is 63.4 Å². The van der Waals surface area contributed by atoms with Gasteiger partial charge in [0.05, 0.1) is 5.75 Å². The minimum absolute atomic E-state index is 0.0351. The largest absolute Gasteiger partial charge is 0.326 e. The first-order valence-corrected chi connectivity index (χ1v) is 8.06. The van der Waals surface area contributed by atoms with E-state index in [9.17, 15) is 8.42 Å². The second-order valence-corrected chi connectivity index (χ2v) is 7.08. The second kappa shape index (κ2) is 6.31. The maximum absolute atomic E-state index is 11.2. The van der Waals surface area contributed by atoms with Crippen molar-refractivity contribution in [3.8, 4) is 0 Å². The van der Waals surface area contributed by atoms with Gasteiger partial charge < -0.3 is 5.73 Å². The molecule has 2 unspecified atom stereocenters. The van der Waals surface area contributed by atoms with Gasteiger partial charge in [0.15, 0.2) is 0 Å². The van der Waals surface area contributed by atoms with Crippen molar-refractivity contribution in [2.45, 2.75) is 19.0 Å². The van der Waals surface area contributed by atoms with E-state index in [1.165, 1.54) is 6.26 Å². The van der Waals surface area contributed by atoms with E-state index in [-0.39, 0.29) is 17.8 Å². The SMILES string of the molecule is CC(N)C(c1ccccc1)N(C)CCS(C)(=O)=O. The molecule has 1 aromatic rings. The molecule has 0 radical (unpaired) electrons. The molecule has 0 spiro atoms. The van der Waals surface area contributed by atoms with Crippen LogP contribution in [0.1, 0.15) is 18.5 Å². The molecule has 1 rings (SSSR count). The number of likely N-dealkylation sites (N-methyl/N-ethyl adjacent to an activating group) is 1. The lowest BCUT2D eigenvalue weighted by molar-refractivity contribution is 0.231. The highest BCUT2D eigenvalue weighted by atomic mass is 32.2. The van der Waals surface area contributed by atoms with E-state index < -0.39 is 9.84 Å². The lowest BCUT2D eigenvalue weighted by Gasteiger charge is -2.31. The summed E-state index contributed by atoms with van der Waals surface area (Å²) in [6.45, 7) is 2.43. The van der Waals surface area contributed by atoms with Gasteiger partial charge in [0.25, 0.3) is 0 Å². The highest BCUT2D eigenvalue weighted by Crippen LogP contribution is 2.21. The van der Waals surface area contributed by atoms with Gasteiger partial charge in [-0.3, -0.25) is 4.90 Å². The Morgan fingerprint density at radius 1 is 1.28 bits per heavy atom. The zero-order chi connectivity index (χ0) is 13.8. The predicted octanol–water partition coefficient (Wildman–Crippen LogP) is 1.05. The monoisotopic (exact) mass is 270 g/mol. The summed E-state index contributed by atoms with van der Waals surface area (Å²) < 4.78 is 22.4. The van der Waals surface area contributed by atoms with E-state index in [1.54, 1.807) is 0 Å². The molecule has 18 heavy (non-hydrogen) atoms. The highest BCUT2D eigenvalue weighted by Gasteiger charge is 2.21. The van der Waals surface area contributed by atoms with Crippen LogP contribution in [0.2, 0.25) is 0 Å². The van der Waals surface area contributed by atoms with Crippen LogP contribution in [0.25, 0.3) is 0 Å². The smallest absolute Gasteiger partial charge is 0.148 e. The molecule has 0 aromatic heterocycles. The fourth-order valence-corrected chi connectivity index (χ4v) is 2.68. The zero-order valence-electron chi connectivity index (χ0n) is 11.2. The molecule has 0 bridgehead atoms. The Hall–Kier alpha value is -0.910. The van der Waals surface area contributed by atoms with E-state index >= 15 is 0 Å². The first-order valence-electron chi connectivity index (χ1n) is 6.00. The van der Waals surface area contributed by atoms with Gasteiger partial charge in [0.2, 0.25) is 0 Å². The molecule has 0 heterocycles. The van der Waals surface area contributed by atoms with Crippen molar-refractivity contribution in [1.29, 1.82) is 0 Å². The van der Waals surface area contributed by atoms with E-state index in [1.807, 2.05) is 49.2 Å². The van der Waals surface area contributed by atoms with Crippen LogP contribution in [-0.2, 0) is 9.84 Å². The lowest BCUT2D eigenvalue weighted by atomic mass is 10.00. The molecule has 0 amide bonds. The van der Waals surface area contributed by atoms with Crippen molar-refractivity contribution in [2.24, 2.45) is 5.73 Å². The molecule has 0 saturated carbocycles. The number of nitrogens with two attached hydrogens (primary N) is 1. The fourth-order valence-electron chi connectivity index (χ4n) is 2.06. The fraction of sp³-hybridized carbons (Fsp3) is 0.538. The first-order chi connectivity index (χ1) is 8.31. The van der Waals surface area contributed by atoms with Crippen molar-refractivity contribution in [2.75, 3.05) is 25.6 Å². The summed E-state index contributed by atoms with van der Waals surface area (Å²) >= 11 is 0. The van der Waals surface area contributed by atoms with Crippen LogP contribution < -0.4 is 5.73 Å². The number of hydrogen-bond acceptors (Lipinski definition) is 4. The lowest BCUT2D eigenvalue weighted by Crippen LogP contribution is -2.39. The standard InChI is InChI=1S/C13H22N2O2S/c1-11(14)13(12-7-5-4-6-8-12)15(2)9-10-18(3,16)17/h4-8,11,13H,9-10,14H2,1-3H3. The van der Waals surface area contributed by atoms with Crippen molar-refractivity contribution >= 4 is 9.84 Å². The van der Waals surface area contributed by atoms with Crippen molar-refractivity contribution in [1.82, 2.24) is 4.90 Å². The third kappa shape index (κ3) is 4.76. The summed E-state index contributed by atoms with van der Waals surface area (Å²) in [6.07, 6.45) is 1.25. The Kier molecular flexibility index (Phi) is 5.31. The number of benzene rings is 1. The van der Waals surface area contributed by atoms with E-state index in [0.717, 1.165) is 5.56 Å². The van der Waals surface area contributed by atoms with E-state index in [2.05, 4.69) is 0 Å². The number of nitrogens with zero attached hydrogens (tertiary/aromatic N) is 1.